The SMILES string of the molecule is O=C([O-])C(O)CCC=S.O=C([O-])C(O)CCC=S.[Cu+2]. The third-order valence-corrected chi connectivity index (χ3v) is 2.13. The predicted octanol–water partition coefficient (Wildman–Crippen LogP) is -2.25. The zero-order valence-electron chi connectivity index (χ0n) is 9.78. The van der Waals surface area contributed by atoms with Crippen molar-refractivity contribution in [3.05, 3.63) is 0 Å². The Morgan fingerprint density at radius 1 is 0.947 bits per heavy atom. The summed E-state index contributed by atoms with van der Waals surface area (Å²) in [6.07, 6.45) is -1.61. The molecule has 0 aliphatic heterocycles. The molecule has 0 aromatic heterocycles. The molecule has 2 N–H and O–H groups in total. The summed E-state index contributed by atoms with van der Waals surface area (Å²) in [4.78, 5) is 19.6. The van der Waals surface area contributed by atoms with Gasteiger partial charge in [-0.25, -0.2) is 0 Å². The van der Waals surface area contributed by atoms with Crippen LogP contribution in [0.3, 0.4) is 0 Å². The number of carboxylic acid groups (broad SMARTS) is 2. The van der Waals surface area contributed by atoms with Crippen molar-refractivity contribution in [1.82, 2.24) is 0 Å². The van der Waals surface area contributed by atoms with Crippen LogP contribution in [0, 0.1) is 0 Å². The minimum absolute atomic E-state index is 0. The molecule has 0 saturated carbocycles. The molecule has 0 amide bonds. The molecular weight excluding hydrogens is 344 g/mol. The molecule has 0 aromatic carbocycles. The van der Waals surface area contributed by atoms with Gasteiger partial charge in [0.15, 0.2) is 0 Å². The summed E-state index contributed by atoms with van der Waals surface area (Å²) in [6.45, 7) is 0. The van der Waals surface area contributed by atoms with E-state index in [4.69, 9.17) is 10.2 Å². The van der Waals surface area contributed by atoms with Crippen LogP contribution >= 0.6 is 24.4 Å². The van der Waals surface area contributed by atoms with Crippen LogP contribution in [0.1, 0.15) is 25.7 Å². The number of thiocarbonyl (C=S) groups is 2. The number of carboxylic acids is 2. The molecular formula is C10H14CuO6S2. The van der Waals surface area contributed by atoms with Gasteiger partial charge in [-0.05, 0) is 36.4 Å². The van der Waals surface area contributed by atoms with Gasteiger partial charge in [0.05, 0.1) is 24.1 Å². The van der Waals surface area contributed by atoms with Crippen LogP contribution in [-0.2, 0) is 26.7 Å². The number of hydrogen-bond acceptors (Lipinski definition) is 8. The Balaban J connectivity index is -0.000000256. The second kappa shape index (κ2) is 15.6. The normalized spacial score (nSPS) is 11.9. The van der Waals surface area contributed by atoms with Gasteiger partial charge in [0, 0.05) is 0 Å². The molecule has 2 unspecified atom stereocenters. The van der Waals surface area contributed by atoms with Crippen molar-refractivity contribution in [3.8, 4) is 0 Å². The van der Waals surface area contributed by atoms with Crippen molar-refractivity contribution in [3.63, 3.8) is 0 Å². The topological polar surface area (TPSA) is 121 Å². The maximum absolute atomic E-state index is 9.80. The van der Waals surface area contributed by atoms with Gasteiger partial charge in [-0.15, -0.1) is 0 Å². The summed E-state index contributed by atoms with van der Waals surface area (Å²) in [5, 5.41) is 39.4. The number of carbonyl (C=O) groups excluding carboxylic acids is 2. The largest absolute Gasteiger partial charge is 2.00 e. The first-order valence-electron chi connectivity index (χ1n) is 5.01. The van der Waals surface area contributed by atoms with E-state index in [9.17, 15) is 19.8 Å². The minimum atomic E-state index is -1.44. The Hall–Kier alpha value is -0.441. The fourth-order valence-electron chi connectivity index (χ4n) is 0.688. The average Bonchev–Trinajstić information content (AvgIpc) is 2.33. The first-order valence-corrected chi connectivity index (χ1v) is 5.96. The third kappa shape index (κ3) is 17.6. The molecule has 2 atom stereocenters. The van der Waals surface area contributed by atoms with E-state index >= 15 is 0 Å². The standard InChI is InChI=1S/2C5H8O3S.Cu/c2*6-4(5(7)8)2-1-3-9;/h2*3-4,6H,1-2H2,(H,7,8);/q;;+2/p-2. The van der Waals surface area contributed by atoms with E-state index in [1.165, 1.54) is 10.7 Å². The Morgan fingerprint density at radius 2 is 1.21 bits per heavy atom. The van der Waals surface area contributed by atoms with E-state index in [0.29, 0.717) is 12.8 Å². The summed E-state index contributed by atoms with van der Waals surface area (Å²) in [5.41, 5.74) is 0. The van der Waals surface area contributed by atoms with Gasteiger partial charge in [0.25, 0.3) is 0 Å². The summed E-state index contributed by atoms with van der Waals surface area (Å²) < 4.78 is 0. The van der Waals surface area contributed by atoms with Crippen LogP contribution < -0.4 is 10.2 Å². The predicted molar refractivity (Wildman–Crippen MR) is 67.8 cm³/mol. The molecule has 0 aliphatic rings. The molecule has 0 heterocycles. The van der Waals surface area contributed by atoms with Crippen molar-refractivity contribution >= 4 is 47.1 Å². The van der Waals surface area contributed by atoms with Crippen LogP contribution in [0.4, 0.5) is 0 Å². The Bertz CT molecular complexity index is 259. The summed E-state index contributed by atoms with van der Waals surface area (Å²) in [5.74, 6) is -2.88. The van der Waals surface area contributed by atoms with Crippen LogP contribution in [-0.4, -0.2) is 45.1 Å². The van der Waals surface area contributed by atoms with Crippen molar-refractivity contribution in [2.75, 3.05) is 0 Å². The first kappa shape index (κ1) is 23.6. The Labute approximate surface area is 132 Å². The average molecular weight is 358 g/mol. The number of aliphatic hydroxyl groups is 2. The molecule has 19 heavy (non-hydrogen) atoms. The molecule has 0 rings (SSSR count). The maximum Gasteiger partial charge on any atom is 2.00 e. The number of carbonyl (C=O) groups is 2. The molecule has 0 saturated heterocycles. The second-order valence-electron chi connectivity index (χ2n) is 3.16. The van der Waals surface area contributed by atoms with Gasteiger partial charge in [0.2, 0.25) is 0 Å². The second-order valence-corrected chi connectivity index (χ2v) is 3.82. The Morgan fingerprint density at radius 3 is 1.37 bits per heavy atom. The molecule has 113 valence electrons. The quantitative estimate of drug-likeness (QED) is 0.369. The maximum atomic E-state index is 9.80. The Kier molecular flexibility index (Phi) is 19.4. The number of aliphatic carboxylic acids is 2. The minimum Gasteiger partial charge on any atom is -0.547 e. The molecule has 6 nitrogen and oxygen atoms in total. The van der Waals surface area contributed by atoms with E-state index in [2.05, 4.69) is 24.4 Å². The molecule has 1 radical (unpaired) electrons. The summed E-state index contributed by atoms with van der Waals surface area (Å²) in [6, 6.07) is 0. The van der Waals surface area contributed by atoms with Gasteiger partial charge in [-0.2, -0.15) is 0 Å². The van der Waals surface area contributed by atoms with Crippen molar-refractivity contribution < 1.29 is 47.1 Å². The van der Waals surface area contributed by atoms with Gasteiger partial charge in [0.1, 0.15) is 0 Å². The van der Waals surface area contributed by atoms with E-state index in [1.54, 1.807) is 0 Å². The van der Waals surface area contributed by atoms with Gasteiger partial charge in [-0.1, -0.05) is 24.4 Å². The fraction of sp³-hybridized carbons (Fsp3) is 0.600. The van der Waals surface area contributed by atoms with Gasteiger partial charge in [-0.3, -0.25) is 0 Å². The monoisotopic (exact) mass is 357 g/mol. The van der Waals surface area contributed by atoms with Crippen LogP contribution in [0.5, 0.6) is 0 Å². The van der Waals surface area contributed by atoms with E-state index < -0.39 is 24.1 Å². The molecule has 0 aromatic rings. The molecule has 9 heteroatoms. The fourth-order valence-corrected chi connectivity index (χ4v) is 0.960. The zero-order chi connectivity index (χ0) is 14.6. The first-order chi connectivity index (χ1) is 8.36. The summed E-state index contributed by atoms with van der Waals surface area (Å²) >= 11 is 8.82. The summed E-state index contributed by atoms with van der Waals surface area (Å²) in [7, 11) is 0. The molecule has 0 spiro atoms. The zero-order valence-corrected chi connectivity index (χ0v) is 12.4. The molecule has 0 bridgehead atoms. The smallest absolute Gasteiger partial charge is 0.547 e. The van der Waals surface area contributed by atoms with Crippen molar-refractivity contribution in [2.45, 2.75) is 37.9 Å². The third-order valence-electron chi connectivity index (χ3n) is 1.66. The molecule has 0 fully saturated rings. The van der Waals surface area contributed by atoms with Crippen LogP contribution in [0.25, 0.3) is 0 Å². The van der Waals surface area contributed by atoms with Crippen molar-refractivity contribution in [1.29, 1.82) is 0 Å². The number of rotatable bonds is 8. The van der Waals surface area contributed by atoms with Crippen molar-refractivity contribution in [2.24, 2.45) is 0 Å². The molecule has 0 aliphatic carbocycles. The van der Waals surface area contributed by atoms with Gasteiger partial charge >= 0.3 is 17.1 Å². The van der Waals surface area contributed by atoms with E-state index in [-0.39, 0.29) is 29.9 Å². The van der Waals surface area contributed by atoms with Crippen LogP contribution in [0.15, 0.2) is 0 Å². The van der Waals surface area contributed by atoms with Crippen LogP contribution in [0.2, 0.25) is 0 Å². The number of aliphatic hydroxyl groups excluding tert-OH is 2. The number of hydrogen-bond donors (Lipinski definition) is 2. The van der Waals surface area contributed by atoms with E-state index in [1.807, 2.05) is 0 Å². The van der Waals surface area contributed by atoms with E-state index in [0.717, 1.165) is 0 Å². The van der Waals surface area contributed by atoms with Gasteiger partial charge < -0.3 is 30.0 Å².